The summed E-state index contributed by atoms with van der Waals surface area (Å²) in [5.74, 6) is -2.29. The summed E-state index contributed by atoms with van der Waals surface area (Å²) in [5.41, 5.74) is 6.82. The Morgan fingerprint density at radius 1 is 0.750 bits per heavy atom. The fourth-order valence-electron chi connectivity index (χ4n) is 4.10. The van der Waals surface area contributed by atoms with Gasteiger partial charge in [-0.25, -0.2) is 0 Å². The molecule has 0 bridgehead atoms. The molecule has 0 aliphatic carbocycles. The van der Waals surface area contributed by atoms with Crippen molar-refractivity contribution in [2.45, 2.75) is 51.2 Å². The number of primary amides is 1. The lowest BCUT2D eigenvalue weighted by Gasteiger charge is -2.23. The van der Waals surface area contributed by atoms with Crippen LogP contribution in [0.3, 0.4) is 0 Å². The number of nitrogens with two attached hydrogens (primary N) is 1. The first-order valence-corrected chi connectivity index (χ1v) is 13.9. The highest BCUT2D eigenvalue weighted by Gasteiger charge is 2.27. The molecule has 0 saturated heterocycles. The number of nitrogens with one attached hydrogen (secondary N) is 5. The first-order valence-electron chi connectivity index (χ1n) is 13.9. The molecule has 2 rings (SSSR count). The summed E-state index contributed by atoms with van der Waals surface area (Å²) in [6.45, 7) is 2.72. The minimum absolute atomic E-state index is 0.0242. The van der Waals surface area contributed by atoms with Gasteiger partial charge in [-0.05, 0) is 41.5 Å². The Labute approximate surface area is 255 Å². The maximum atomic E-state index is 13.1. The van der Waals surface area contributed by atoms with Crippen molar-refractivity contribution in [3.8, 4) is 18.1 Å². The maximum Gasteiger partial charge on any atom is 0.296 e. The number of hydrogen-bond donors (Lipinski definition) is 7. The Balaban J connectivity index is 1.97. The predicted molar refractivity (Wildman–Crippen MR) is 161 cm³/mol. The van der Waals surface area contributed by atoms with E-state index in [1.54, 1.807) is 42.5 Å². The van der Waals surface area contributed by atoms with E-state index in [1.165, 1.54) is 12.1 Å². The SMILES string of the molecule is C#CC(=O)N[C@@H](Cc1ccc(O)cc1)C(=O)NCC(=O)NCC(=O)N[C@@H](Cc1ccccc1)C(=O)N[C@@H](CC(C)C)C(N)=O. The van der Waals surface area contributed by atoms with Gasteiger partial charge in [0.05, 0.1) is 13.1 Å². The Hall–Kier alpha value is -5.38. The van der Waals surface area contributed by atoms with E-state index in [0.29, 0.717) is 12.0 Å². The van der Waals surface area contributed by atoms with Crippen LogP contribution in [0.5, 0.6) is 5.75 Å². The number of amides is 6. The molecule has 13 nitrogen and oxygen atoms in total. The van der Waals surface area contributed by atoms with Crippen molar-refractivity contribution in [2.24, 2.45) is 11.7 Å². The fraction of sp³-hybridized carbons (Fsp3) is 0.355. The van der Waals surface area contributed by atoms with E-state index >= 15 is 0 Å². The van der Waals surface area contributed by atoms with Crippen LogP contribution in [0.2, 0.25) is 0 Å². The highest BCUT2D eigenvalue weighted by Crippen LogP contribution is 2.12. The van der Waals surface area contributed by atoms with Crippen molar-refractivity contribution in [3.05, 3.63) is 65.7 Å². The first kappa shape index (κ1) is 34.8. The van der Waals surface area contributed by atoms with E-state index in [2.05, 4.69) is 26.6 Å². The molecule has 3 atom stereocenters. The number of hydrogen-bond acceptors (Lipinski definition) is 7. The zero-order valence-corrected chi connectivity index (χ0v) is 24.6. The third-order valence-electron chi connectivity index (χ3n) is 6.30. The van der Waals surface area contributed by atoms with Gasteiger partial charge in [-0.3, -0.25) is 28.8 Å². The average Bonchev–Trinajstić information content (AvgIpc) is 2.98. The lowest BCUT2D eigenvalue weighted by Crippen LogP contribution is -2.55. The van der Waals surface area contributed by atoms with E-state index in [9.17, 15) is 33.9 Å². The number of aromatic hydroxyl groups is 1. The number of rotatable bonds is 16. The van der Waals surface area contributed by atoms with E-state index in [-0.39, 0.29) is 24.5 Å². The molecule has 0 heterocycles. The molecule has 0 aliphatic heterocycles. The molecule has 2 aromatic carbocycles. The van der Waals surface area contributed by atoms with Crippen LogP contribution in [0.15, 0.2) is 54.6 Å². The smallest absolute Gasteiger partial charge is 0.296 e. The summed E-state index contributed by atoms with van der Waals surface area (Å²) in [6.07, 6.45) is 5.56. The second-order valence-electron chi connectivity index (χ2n) is 10.4. The van der Waals surface area contributed by atoms with E-state index < -0.39 is 66.7 Å². The number of phenols is 1. The normalized spacial score (nSPS) is 12.5. The van der Waals surface area contributed by atoms with Crippen LogP contribution >= 0.6 is 0 Å². The molecular weight excluding hydrogens is 568 g/mol. The van der Waals surface area contributed by atoms with Crippen molar-refractivity contribution >= 4 is 35.4 Å². The topological polar surface area (TPSA) is 209 Å². The van der Waals surface area contributed by atoms with Crippen LogP contribution < -0.4 is 32.3 Å². The molecule has 13 heteroatoms. The van der Waals surface area contributed by atoms with Crippen molar-refractivity contribution in [1.82, 2.24) is 26.6 Å². The summed E-state index contributed by atoms with van der Waals surface area (Å²) in [6, 6.07) is 11.8. The Kier molecular flexibility index (Phi) is 13.9. The quantitative estimate of drug-likeness (QED) is 0.119. The predicted octanol–water partition coefficient (Wildman–Crippen LogP) is -0.971. The third-order valence-corrected chi connectivity index (χ3v) is 6.30. The molecule has 0 aromatic heterocycles. The van der Waals surface area contributed by atoms with Gasteiger partial charge in [0.25, 0.3) is 5.91 Å². The van der Waals surface area contributed by atoms with Crippen molar-refractivity contribution in [1.29, 1.82) is 0 Å². The van der Waals surface area contributed by atoms with Gasteiger partial charge in [-0.2, -0.15) is 0 Å². The van der Waals surface area contributed by atoms with Crippen LogP contribution in [0, 0.1) is 18.3 Å². The average molecular weight is 607 g/mol. The van der Waals surface area contributed by atoms with E-state index in [4.69, 9.17) is 12.2 Å². The molecule has 6 amide bonds. The monoisotopic (exact) mass is 606 g/mol. The van der Waals surface area contributed by atoms with Gasteiger partial charge in [0, 0.05) is 12.8 Å². The molecule has 0 spiro atoms. The lowest BCUT2D eigenvalue weighted by atomic mass is 10.0. The second kappa shape index (κ2) is 17.5. The zero-order valence-electron chi connectivity index (χ0n) is 24.6. The van der Waals surface area contributed by atoms with E-state index in [1.807, 2.05) is 19.8 Å². The Morgan fingerprint density at radius 3 is 1.89 bits per heavy atom. The largest absolute Gasteiger partial charge is 0.508 e. The molecule has 234 valence electrons. The fourth-order valence-corrected chi connectivity index (χ4v) is 4.10. The second-order valence-corrected chi connectivity index (χ2v) is 10.4. The summed E-state index contributed by atoms with van der Waals surface area (Å²) >= 11 is 0. The number of carbonyl (C=O) groups excluding carboxylic acids is 6. The van der Waals surface area contributed by atoms with Gasteiger partial charge >= 0.3 is 0 Å². The van der Waals surface area contributed by atoms with Crippen LogP contribution in [-0.4, -0.2) is 71.8 Å². The highest BCUT2D eigenvalue weighted by molar-refractivity contribution is 5.97. The minimum atomic E-state index is -1.11. The molecule has 0 saturated carbocycles. The summed E-state index contributed by atoms with van der Waals surface area (Å²) in [4.78, 5) is 74.5. The minimum Gasteiger partial charge on any atom is -0.508 e. The molecule has 0 radical (unpaired) electrons. The summed E-state index contributed by atoms with van der Waals surface area (Å²) in [5, 5.41) is 21.7. The molecule has 2 aromatic rings. The van der Waals surface area contributed by atoms with Crippen molar-refractivity contribution < 1.29 is 33.9 Å². The molecule has 0 unspecified atom stereocenters. The van der Waals surface area contributed by atoms with Crippen LogP contribution in [0.4, 0.5) is 0 Å². The number of benzene rings is 2. The zero-order chi connectivity index (χ0) is 32.6. The van der Waals surface area contributed by atoms with Gasteiger partial charge < -0.3 is 37.4 Å². The number of carbonyl (C=O) groups is 6. The molecule has 0 fully saturated rings. The van der Waals surface area contributed by atoms with Gasteiger partial charge in [-0.1, -0.05) is 56.3 Å². The van der Waals surface area contributed by atoms with Gasteiger partial charge in [0.15, 0.2) is 0 Å². The third kappa shape index (κ3) is 12.6. The van der Waals surface area contributed by atoms with Crippen LogP contribution in [0.1, 0.15) is 31.4 Å². The molecule has 0 aliphatic rings. The van der Waals surface area contributed by atoms with Gasteiger partial charge in [-0.15, -0.1) is 6.42 Å². The highest BCUT2D eigenvalue weighted by atomic mass is 16.3. The molecule has 8 N–H and O–H groups in total. The van der Waals surface area contributed by atoms with Crippen molar-refractivity contribution in [3.63, 3.8) is 0 Å². The van der Waals surface area contributed by atoms with Gasteiger partial charge in [0.1, 0.15) is 23.9 Å². The van der Waals surface area contributed by atoms with Crippen LogP contribution in [-0.2, 0) is 41.6 Å². The number of terminal acetylenes is 1. The Bertz CT molecular complexity index is 1360. The Morgan fingerprint density at radius 2 is 1.32 bits per heavy atom. The lowest BCUT2D eigenvalue weighted by molar-refractivity contribution is -0.132. The molecule has 44 heavy (non-hydrogen) atoms. The summed E-state index contributed by atoms with van der Waals surface area (Å²) in [7, 11) is 0. The number of phenolic OH excluding ortho intramolecular Hbond substituents is 1. The standard InChI is InChI=1S/C31H38N6O7/c1-4-26(39)35-24(16-21-10-12-22(38)13-11-21)30(43)34-17-27(40)33-18-28(41)36-25(15-20-8-6-5-7-9-20)31(44)37-23(29(32)42)14-19(2)3/h1,5-13,19,23-25,38H,14-18H2,2-3H3,(H2,32,42)(H,33,40)(H,34,43)(H,35,39)(H,36,41)(H,37,44)/t23-,24-,25-/m0/s1. The van der Waals surface area contributed by atoms with E-state index in [0.717, 1.165) is 5.56 Å². The van der Waals surface area contributed by atoms with Crippen LogP contribution in [0.25, 0.3) is 0 Å². The van der Waals surface area contributed by atoms with Crippen molar-refractivity contribution in [2.75, 3.05) is 13.1 Å². The molecular formula is C31H38N6O7. The summed E-state index contributed by atoms with van der Waals surface area (Å²) < 4.78 is 0. The van der Waals surface area contributed by atoms with Gasteiger partial charge in [0.2, 0.25) is 29.5 Å². The maximum absolute atomic E-state index is 13.1. The first-order chi connectivity index (χ1) is 20.9.